The van der Waals surface area contributed by atoms with Crippen molar-refractivity contribution < 1.29 is 11.0 Å². The first-order valence-electron chi connectivity index (χ1n) is 7.00. The minimum absolute atomic E-state index is 0. The van der Waals surface area contributed by atoms with E-state index in [0.717, 1.165) is 6.29 Å². The molecule has 0 aliphatic heterocycles. The predicted octanol–water partition coefficient (Wildman–Crippen LogP) is 5.14. The fourth-order valence-electron chi connectivity index (χ4n) is 1.57. The zero-order valence-electron chi connectivity index (χ0n) is 13.1. The van der Waals surface area contributed by atoms with Crippen LogP contribution in [0.5, 0.6) is 0 Å². The van der Waals surface area contributed by atoms with Gasteiger partial charge in [-0.1, -0.05) is 54.1 Å². The van der Waals surface area contributed by atoms with Crippen molar-refractivity contribution in [2.45, 2.75) is 33.6 Å². The van der Waals surface area contributed by atoms with Crippen molar-refractivity contribution in [3.8, 4) is 0 Å². The summed E-state index contributed by atoms with van der Waals surface area (Å²) in [5.74, 6) is 0.0760. The molecule has 114 valence electrons. The molecule has 2 aromatic carbocycles. The fourth-order valence-corrected chi connectivity index (χ4v) is 1.57. The number of rotatable bonds is 3. The molecule has 0 aromatic heterocycles. The minimum Gasteiger partial charge on any atom is -0.303 e. The lowest BCUT2D eigenvalue weighted by Crippen LogP contribution is -1.88. The molecular weight excluding hydrogens is 260 g/mol. The van der Waals surface area contributed by atoms with Crippen LogP contribution in [0.2, 0.25) is 0 Å². The van der Waals surface area contributed by atoms with Crippen LogP contribution >= 0.6 is 0 Å². The van der Waals surface area contributed by atoms with Gasteiger partial charge in [-0.15, -0.1) is 6.58 Å². The maximum absolute atomic E-state index is 10.0. The Morgan fingerprint density at radius 2 is 1.76 bits per heavy atom. The van der Waals surface area contributed by atoms with Crippen LogP contribution < -0.4 is 0 Å². The van der Waals surface area contributed by atoms with Gasteiger partial charge in [0.05, 0.1) is 0 Å². The summed E-state index contributed by atoms with van der Waals surface area (Å²) in [6.07, 6.45) is 3.26. The smallest absolute Gasteiger partial charge is 0.130 e. The Balaban J connectivity index is 0. The van der Waals surface area contributed by atoms with Crippen molar-refractivity contribution in [2.75, 3.05) is 0 Å². The number of aryl methyl sites for hydroxylation is 1. The molecule has 0 amide bonds. The number of allylic oxidation sites excluding steroid dienone is 1. The van der Waals surface area contributed by atoms with E-state index in [2.05, 4.69) is 56.0 Å². The number of aldehydes is 1. The van der Waals surface area contributed by atoms with Gasteiger partial charge >= 0.3 is 0 Å². The zero-order valence-corrected chi connectivity index (χ0v) is 13.1. The second-order valence-electron chi connectivity index (χ2n) is 4.67. The molecule has 0 bridgehead atoms. The summed E-state index contributed by atoms with van der Waals surface area (Å²) in [5.41, 5.74) is 1.32. The Morgan fingerprint density at radius 1 is 1.19 bits per heavy atom. The first-order chi connectivity index (χ1) is 10.0. The van der Waals surface area contributed by atoms with E-state index in [4.69, 9.17) is 0 Å². The standard InChI is InChI=1S/C11H10.C5H8O2.C3H6.H2/c1-9-6-7-10-4-2-3-5-11(10)8-9;1-5(7)3-2-4-6;1-3-2;/h2-8H,1H3;4H,2-3H2,1H3;3H,1H2,2H3;1H. The van der Waals surface area contributed by atoms with Crippen molar-refractivity contribution in [1.82, 2.24) is 0 Å². The molecule has 0 fully saturated rings. The van der Waals surface area contributed by atoms with Gasteiger partial charge in [-0.2, -0.15) is 0 Å². The minimum atomic E-state index is 0. The van der Waals surface area contributed by atoms with Gasteiger partial charge in [0.15, 0.2) is 0 Å². The number of hydrogen-bond donors (Lipinski definition) is 0. The Bertz CT molecular complexity index is 576. The molecular formula is C19H26O2. The summed E-state index contributed by atoms with van der Waals surface area (Å²) in [5, 5.41) is 2.64. The highest BCUT2D eigenvalue weighted by Gasteiger charge is 1.89. The van der Waals surface area contributed by atoms with Crippen LogP contribution in [-0.4, -0.2) is 12.1 Å². The lowest BCUT2D eigenvalue weighted by atomic mass is 10.1. The highest BCUT2D eigenvalue weighted by molar-refractivity contribution is 5.82. The van der Waals surface area contributed by atoms with E-state index < -0.39 is 0 Å². The van der Waals surface area contributed by atoms with Crippen LogP contribution in [0, 0.1) is 6.92 Å². The van der Waals surface area contributed by atoms with Crippen LogP contribution in [0.1, 0.15) is 33.7 Å². The maximum Gasteiger partial charge on any atom is 0.130 e. The Hall–Kier alpha value is -2.22. The molecule has 2 nitrogen and oxygen atoms in total. The molecule has 0 saturated heterocycles. The molecule has 0 heterocycles. The van der Waals surface area contributed by atoms with Crippen molar-refractivity contribution in [3.05, 3.63) is 60.7 Å². The van der Waals surface area contributed by atoms with Gasteiger partial charge in [0, 0.05) is 14.3 Å². The summed E-state index contributed by atoms with van der Waals surface area (Å²) in [4.78, 5) is 19.6. The summed E-state index contributed by atoms with van der Waals surface area (Å²) >= 11 is 0. The van der Waals surface area contributed by atoms with E-state index >= 15 is 0 Å². The van der Waals surface area contributed by atoms with E-state index in [1.54, 1.807) is 6.08 Å². The maximum atomic E-state index is 10.0. The van der Waals surface area contributed by atoms with E-state index in [0.29, 0.717) is 12.8 Å². The highest BCUT2D eigenvalue weighted by atomic mass is 16.1. The lowest BCUT2D eigenvalue weighted by molar-refractivity contribution is -0.118. The average molecular weight is 286 g/mol. The molecule has 0 saturated carbocycles. The monoisotopic (exact) mass is 286 g/mol. The molecule has 2 aromatic rings. The van der Waals surface area contributed by atoms with Gasteiger partial charge in [0.2, 0.25) is 0 Å². The number of benzene rings is 2. The van der Waals surface area contributed by atoms with Crippen LogP contribution in [0.3, 0.4) is 0 Å². The molecule has 0 aliphatic rings. The number of carbonyl (C=O) groups excluding carboxylic acids is 2. The number of hydrogen-bond acceptors (Lipinski definition) is 2. The van der Waals surface area contributed by atoms with E-state index in [1.165, 1.54) is 23.3 Å². The van der Waals surface area contributed by atoms with Crippen LogP contribution in [0.25, 0.3) is 10.8 Å². The highest BCUT2D eigenvalue weighted by Crippen LogP contribution is 2.14. The lowest BCUT2D eigenvalue weighted by Gasteiger charge is -1.96. The number of fused-ring (bicyclic) bond motifs is 1. The average Bonchev–Trinajstić information content (AvgIpc) is 2.46. The van der Waals surface area contributed by atoms with Crippen LogP contribution in [0.4, 0.5) is 0 Å². The van der Waals surface area contributed by atoms with Gasteiger partial charge in [-0.05, 0) is 31.5 Å². The summed E-state index contributed by atoms with van der Waals surface area (Å²) < 4.78 is 0. The third kappa shape index (κ3) is 9.33. The Labute approximate surface area is 129 Å². The van der Waals surface area contributed by atoms with E-state index in [9.17, 15) is 9.59 Å². The number of carbonyl (C=O) groups is 2. The first-order valence-corrected chi connectivity index (χ1v) is 7.00. The fraction of sp³-hybridized carbons (Fsp3) is 0.263. The molecule has 0 radical (unpaired) electrons. The largest absolute Gasteiger partial charge is 0.303 e. The Morgan fingerprint density at radius 3 is 2.24 bits per heavy atom. The number of Topliss-reactive ketones (excluding diaryl/α,β-unsaturated/α-hetero) is 1. The van der Waals surface area contributed by atoms with Gasteiger partial charge < -0.3 is 9.59 Å². The van der Waals surface area contributed by atoms with Gasteiger partial charge in [0.1, 0.15) is 12.1 Å². The van der Waals surface area contributed by atoms with Crippen molar-refractivity contribution >= 4 is 22.8 Å². The second-order valence-corrected chi connectivity index (χ2v) is 4.67. The normalized spacial score (nSPS) is 8.71. The predicted molar refractivity (Wildman–Crippen MR) is 92.6 cm³/mol. The van der Waals surface area contributed by atoms with E-state index in [-0.39, 0.29) is 7.21 Å². The van der Waals surface area contributed by atoms with Gasteiger partial charge in [-0.3, -0.25) is 0 Å². The SMILES string of the molecule is C=CC.CC(=O)CCC=O.Cc1ccc2ccccc2c1.[HH]. The molecule has 0 atom stereocenters. The quantitative estimate of drug-likeness (QED) is 0.578. The second kappa shape index (κ2) is 11.6. The molecule has 0 N–H and O–H groups in total. The van der Waals surface area contributed by atoms with Crippen molar-refractivity contribution in [1.29, 1.82) is 0 Å². The van der Waals surface area contributed by atoms with E-state index in [1.807, 2.05) is 6.92 Å². The molecule has 2 rings (SSSR count). The molecule has 0 aliphatic carbocycles. The van der Waals surface area contributed by atoms with Crippen LogP contribution in [-0.2, 0) is 9.59 Å². The molecule has 2 heteroatoms. The number of ketones is 1. The van der Waals surface area contributed by atoms with Gasteiger partial charge in [-0.25, -0.2) is 0 Å². The van der Waals surface area contributed by atoms with Crippen LogP contribution in [0.15, 0.2) is 55.1 Å². The third-order valence-corrected chi connectivity index (χ3v) is 2.52. The van der Waals surface area contributed by atoms with Gasteiger partial charge in [0.25, 0.3) is 0 Å². The molecule has 21 heavy (non-hydrogen) atoms. The van der Waals surface area contributed by atoms with Crippen molar-refractivity contribution in [3.63, 3.8) is 0 Å². The third-order valence-electron chi connectivity index (χ3n) is 2.52. The topological polar surface area (TPSA) is 34.1 Å². The summed E-state index contributed by atoms with van der Waals surface area (Å²) in [6, 6.07) is 14.9. The zero-order chi connectivity index (χ0) is 16.1. The molecule has 0 spiro atoms. The van der Waals surface area contributed by atoms with Crippen molar-refractivity contribution in [2.24, 2.45) is 0 Å². The Kier molecular flexibility index (Phi) is 10.4. The first kappa shape index (κ1) is 18.8. The summed E-state index contributed by atoms with van der Waals surface area (Å²) in [7, 11) is 0. The summed E-state index contributed by atoms with van der Waals surface area (Å²) in [6.45, 7) is 8.84. The molecule has 0 unspecified atom stereocenters.